The zero-order valence-electron chi connectivity index (χ0n) is 43.5. The number of rotatable bonds is 50. The highest BCUT2D eigenvalue weighted by molar-refractivity contribution is 5.76. The lowest BCUT2D eigenvalue weighted by atomic mass is 9.99. The van der Waals surface area contributed by atoms with Crippen molar-refractivity contribution in [2.45, 2.75) is 333 Å². The number of unbranched alkanes of at least 4 members (excludes halogenated alkanes) is 40. The van der Waals surface area contributed by atoms with Gasteiger partial charge < -0.3 is 40.3 Å². The molecule has 0 aromatic carbocycles. The van der Waals surface area contributed by atoms with Gasteiger partial charge in [-0.25, -0.2) is 0 Å². The van der Waals surface area contributed by atoms with Crippen molar-refractivity contribution in [3.05, 3.63) is 12.2 Å². The maximum absolute atomic E-state index is 13.0. The van der Waals surface area contributed by atoms with E-state index in [9.17, 15) is 30.3 Å². The first-order valence-corrected chi connectivity index (χ1v) is 28.9. The number of ether oxygens (including phenoxy) is 2. The van der Waals surface area contributed by atoms with Crippen molar-refractivity contribution in [3.63, 3.8) is 0 Å². The molecule has 6 N–H and O–H groups in total. The number of aliphatic hydroxyl groups excluding tert-OH is 5. The number of carbonyl (C=O) groups excluding carboxylic acids is 1. The van der Waals surface area contributed by atoms with Gasteiger partial charge in [-0.05, 0) is 19.3 Å². The lowest BCUT2D eigenvalue weighted by molar-refractivity contribution is -0.302. The third kappa shape index (κ3) is 36.9. The van der Waals surface area contributed by atoms with Crippen LogP contribution in [0.25, 0.3) is 0 Å². The molecule has 0 aromatic rings. The molecule has 1 amide bonds. The van der Waals surface area contributed by atoms with Crippen molar-refractivity contribution in [1.82, 2.24) is 5.32 Å². The Hall–Kier alpha value is -1.07. The van der Waals surface area contributed by atoms with Gasteiger partial charge in [0.2, 0.25) is 5.91 Å². The summed E-state index contributed by atoms with van der Waals surface area (Å²) in [7, 11) is 0. The second-order valence-corrected chi connectivity index (χ2v) is 20.5. The van der Waals surface area contributed by atoms with Crippen LogP contribution in [0.2, 0.25) is 0 Å². The Kier molecular flexibility index (Phi) is 45.4. The van der Waals surface area contributed by atoms with Crippen LogP contribution in [0, 0.1) is 0 Å². The molecule has 1 heterocycles. The van der Waals surface area contributed by atoms with Crippen LogP contribution < -0.4 is 5.32 Å². The topological polar surface area (TPSA) is 149 Å². The van der Waals surface area contributed by atoms with Crippen molar-refractivity contribution >= 4 is 5.91 Å². The van der Waals surface area contributed by atoms with E-state index in [4.69, 9.17) is 9.47 Å². The Bertz CT molecular complexity index is 1040. The fourth-order valence-corrected chi connectivity index (χ4v) is 9.51. The first-order valence-electron chi connectivity index (χ1n) is 28.9. The zero-order chi connectivity index (χ0) is 48.0. The van der Waals surface area contributed by atoms with Crippen LogP contribution in [-0.2, 0) is 14.3 Å². The number of nitrogens with one attached hydrogen (secondary N) is 1. The third-order valence-electron chi connectivity index (χ3n) is 14.1. The molecule has 1 rings (SSSR count). The van der Waals surface area contributed by atoms with Crippen LogP contribution in [0.15, 0.2) is 12.2 Å². The highest BCUT2D eigenvalue weighted by Gasteiger charge is 2.44. The molecule has 0 spiro atoms. The van der Waals surface area contributed by atoms with Gasteiger partial charge in [0.1, 0.15) is 24.4 Å². The lowest BCUT2D eigenvalue weighted by Crippen LogP contribution is -2.60. The maximum Gasteiger partial charge on any atom is 0.220 e. The molecular weight excluding hydrogens is 827 g/mol. The monoisotopic (exact) mass is 938 g/mol. The number of hydrogen-bond donors (Lipinski definition) is 6. The maximum atomic E-state index is 13.0. The molecule has 0 bridgehead atoms. The van der Waals surface area contributed by atoms with Gasteiger partial charge in [-0.2, -0.15) is 0 Å². The summed E-state index contributed by atoms with van der Waals surface area (Å²) >= 11 is 0. The van der Waals surface area contributed by atoms with Crippen LogP contribution in [0.1, 0.15) is 290 Å². The third-order valence-corrected chi connectivity index (χ3v) is 14.1. The first-order chi connectivity index (χ1) is 32.3. The fraction of sp³-hybridized carbons (Fsp3) is 0.947. The summed E-state index contributed by atoms with van der Waals surface area (Å²) in [6, 6.07) is -0.799. The summed E-state index contributed by atoms with van der Waals surface area (Å²) < 4.78 is 11.2. The molecule has 7 unspecified atom stereocenters. The predicted molar refractivity (Wildman–Crippen MR) is 277 cm³/mol. The SMILES string of the molecule is CCCCCCCCCCC/C=C/C(O)C(COC1OC(CO)C(O)C(O)C1O)NC(=O)CCCCCCCCCCCCCCCCCCCCCCCCCCCCCCCCCC. The Labute approximate surface area is 407 Å². The minimum Gasteiger partial charge on any atom is -0.394 e. The van der Waals surface area contributed by atoms with Gasteiger partial charge in [-0.3, -0.25) is 4.79 Å². The second kappa shape index (κ2) is 47.6. The quantitative estimate of drug-likeness (QED) is 0.0261. The predicted octanol–water partition coefficient (Wildman–Crippen LogP) is 14.0. The minimum atomic E-state index is -1.56. The fourth-order valence-electron chi connectivity index (χ4n) is 9.51. The number of allylic oxidation sites excluding steroid dienone is 1. The molecule has 392 valence electrons. The van der Waals surface area contributed by atoms with Crippen LogP contribution in [0.3, 0.4) is 0 Å². The molecule has 7 atom stereocenters. The minimum absolute atomic E-state index is 0.172. The molecule has 1 fully saturated rings. The molecule has 1 saturated heterocycles. The van der Waals surface area contributed by atoms with Crippen LogP contribution in [0.5, 0.6) is 0 Å². The van der Waals surface area contributed by atoms with Crippen LogP contribution in [-0.4, -0.2) is 87.5 Å². The van der Waals surface area contributed by atoms with Crippen molar-refractivity contribution in [3.8, 4) is 0 Å². The van der Waals surface area contributed by atoms with Crippen molar-refractivity contribution < 1.29 is 39.8 Å². The van der Waals surface area contributed by atoms with Gasteiger partial charge in [0.25, 0.3) is 0 Å². The van der Waals surface area contributed by atoms with Gasteiger partial charge >= 0.3 is 0 Å². The molecule has 9 heteroatoms. The number of carbonyl (C=O) groups is 1. The molecule has 0 saturated carbocycles. The number of amides is 1. The molecule has 1 aliphatic heterocycles. The first kappa shape index (κ1) is 62.9. The van der Waals surface area contributed by atoms with E-state index < -0.39 is 49.5 Å². The van der Waals surface area contributed by atoms with E-state index in [0.29, 0.717) is 6.42 Å². The normalized spacial score (nSPS) is 19.8. The zero-order valence-corrected chi connectivity index (χ0v) is 43.5. The summed E-state index contributed by atoms with van der Waals surface area (Å²) in [6.45, 7) is 3.79. The number of aliphatic hydroxyl groups is 5. The van der Waals surface area contributed by atoms with Gasteiger partial charge in [-0.1, -0.05) is 276 Å². The Balaban J connectivity index is 2.07. The molecule has 0 radical (unpaired) electrons. The van der Waals surface area contributed by atoms with Gasteiger partial charge in [0.15, 0.2) is 6.29 Å². The van der Waals surface area contributed by atoms with E-state index >= 15 is 0 Å². The summed E-state index contributed by atoms with van der Waals surface area (Å²) in [5.74, 6) is -0.172. The van der Waals surface area contributed by atoms with Crippen LogP contribution >= 0.6 is 0 Å². The van der Waals surface area contributed by atoms with Crippen molar-refractivity contribution in [2.24, 2.45) is 0 Å². The van der Waals surface area contributed by atoms with E-state index in [1.807, 2.05) is 6.08 Å². The number of hydrogen-bond acceptors (Lipinski definition) is 8. The standard InChI is InChI=1S/C57H111NO8/c1-3-5-7-9-11-13-15-16-17-18-19-20-21-22-23-24-25-26-27-28-29-30-31-32-33-34-35-37-39-41-43-45-47-53(61)58-50(49-65-57-56(64)55(63)54(62)52(48-59)66-57)51(60)46-44-42-40-38-36-14-12-10-8-6-4-2/h44,46,50-52,54-57,59-60,62-64H,3-43,45,47-49H2,1-2H3,(H,58,61)/b46-44+. The van der Waals surface area contributed by atoms with E-state index in [1.54, 1.807) is 6.08 Å². The van der Waals surface area contributed by atoms with Gasteiger partial charge in [0.05, 0.1) is 25.4 Å². The Morgan fingerprint density at radius 2 is 0.833 bits per heavy atom. The average Bonchev–Trinajstić information content (AvgIpc) is 3.32. The highest BCUT2D eigenvalue weighted by atomic mass is 16.7. The molecule has 66 heavy (non-hydrogen) atoms. The van der Waals surface area contributed by atoms with Gasteiger partial charge in [-0.15, -0.1) is 0 Å². The van der Waals surface area contributed by atoms with Gasteiger partial charge in [0, 0.05) is 6.42 Å². The highest BCUT2D eigenvalue weighted by Crippen LogP contribution is 2.23. The lowest BCUT2D eigenvalue weighted by Gasteiger charge is -2.40. The molecule has 0 aromatic heterocycles. The summed E-state index contributed by atoms with van der Waals surface area (Å²) in [5.41, 5.74) is 0. The van der Waals surface area contributed by atoms with Crippen LogP contribution in [0.4, 0.5) is 0 Å². The van der Waals surface area contributed by atoms with E-state index in [0.717, 1.165) is 38.5 Å². The van der Waals surface area contributed by atoms with E-state index in [-0.39, 0.29) is 12.5 Å². The molecule has 9 nitrogen and oxygen atoms in total. The Morgan fingerprint density at radius 3 is 1.18 bits per heavy atom. The molecular formula is C57H111NO8. The van der Waals surface area contributed by atoms with Crippen molar-refractivity contribution in [1.29, 1.82) is 0 Å². The smallest absolute Gasteiger partial charge is 0.220 e. The summed E-state index contributed by atoms with van der Waals surface area (Å²) in [4.78, 5) is 13.0. The van der Waals surface area contributed by atoms with E-state index in [2.05, 4.69) is 19.2 Å². The molecule has 1 aliphatic rings. The second-order valence-electron chi connectivity index (χ2n) is 20.5. The summed E-state index contributed by atoms with van der Waals surface area (Å²) in [6.07, 6.45) is 51.7. The van der Waals surface area contributed by atoms with E-state index in [1.165, 1.54) is 231 Å². The Morgan fingerprint density at radius 1 is 0.500 bits per heavy atom. The molecule has 0 aliphatic carbocycles. The average molecular weight is 939 g/mol. The largest absolute Gasteiger partial charge is 0.394 e. The summed E-state index contributed by atoms with van der Waals surface area (Å²) in [5, 5.41) is 54.3. The van der Waals surface area contributed by atoms with Crippen molar-refractivity contribution in [2.75, 3.05) is 13.2 Å².